The Bertz CT molecular complexity index is 418. The summed E-state index contributed by atoms with van der Waals surface area (Å²) in [5.41, 5.74) is 0. The molecule has 0 saturated carbocycles. The fraction of sp³-hybridized carbons (Fsp3) is 0.273. The largest absolute Gasteiger partial charge is 0.295 e. The van der Waals surface area contributed by atoms with Crippen LogP contribution in [0.4, 0.5) is 0 Å². The molecular formula is C11H10ClNO2S. The van der Waals surface area contributed by atoms with E-state index in [1.807, 2.05) is 12.1 Å². The summed E-state index contributed by atoms with van der Waals surface area (Å²) in [6.45, 7) is 0. The van der Waals surface area contributed by atoms with E-state index in [9.17, 15) is 9.59 Å². The molecule has 0 aliphatic carbocycles. The highest BCUT2D eigenvalue weighted by Crippen LogP contribution is 2.28. The summed E-state index contributed by atoms with van der Waals surface area (Å²) in [6, 6.07) is 7.32. The topological polar surface area (TPSA) is 46.2 Å². The van der Waals surface area contributed by atoms with Crippen LogP contribution in [0.5, 0.6) is 0 Å². The molecule has 1 unspecified atom stereocenters. The van der Waals surface area contributed by atoms with Crippen molar-refractivity contribution in [3.05, 3.63) is 29.3 Å². The molecular weight excluding hydrogens is 246 g/mol. The summed E-state index contributed by atoms with van der Waals surface area (Å²) in [7, 11) is 0. The van der Waals surface area contributed by atoms with Crippen molar-refractivity contribution in [1.82, 2.24) is 5.32 Å². The minimum Gasteiger partial charge on any atom is -0.295 e. The molecule has 1 aromatic carbocycles. The molecule has 1 heterocycles. The quantitative estimate of drug-likeness (QED) is 0.825. The van der Waals surface area contributed by atoms with Crippen LogP contribution in [0.25, 0.3) is 0 Å². The molecule has 2 rings (SSSR count). The Labute approximate surface area is 103 Å². The summed E-state index contributed by atoms with van der Waals surface area (Å²) >= 11 is 7.23. The van der Waals surface area contributed by atoms with Crippen LogP contribution in [0.2, 0.25) is 5.02 Å². The van der Waals surface area contributed by atoms with Gasteiger partial charge in [0.25, 0.3) is 0 Å². The molecule has 1 aliphatic rings. The van der Waals surface area contributed by atoms with Gasteiger partial charge in [-0.1, -0.05) is 11.6 Å². The zero-order chi connectivity index (χ0) is 11.5. The molecule has 0 aromatic heterocycles. The fourth-order valence-corrected chi connectivity index (χ4v) is 2.61. The molecule has 0 spiro atoms. The van der Waals surface area contributed by atoms with Crippen LogP contribution in [0, 0.1) is 0 Å². The van der Waals surface area contributed by atoms with E-state index in [2.05, 4.69) is 5.32 Å². The van der Waals surface area contributed by atoms with Gasteiger partial charge in [0.1, 0.15) is 0 Å². The molecule has 1 aromatic rings. The van der Waals surface area contributed by atoms with Crippen molar-refractivity contribution in [3.8, 4) is 0 Å². The van der Waals surface area contributed by atoms with Gasteiger partial charge in [-0.2, -0.15) is 0 Å². The van der Waals surface area contributed by atoms with E-state index in [1.165, 1.54) is 11.8 Å². The molecule has 1 atom stereocenters. The first-order valence-corrected chi connectivity index (χ1v) is 6.17. The smallest absolute Gasteiger partial charge is 0.240 e. The first-order valence-electron chi connectivity index (χ1n) is 4.91. The Morgan fingerprint density at radius 3 is 2.56 bits per heavy atom. The molecule has 84 valence electrons. The van der Waals surface area contributed by atoms with Gasteiger partial charge in [0.2, 0.25) is 11.8 Å². The average molecular weight is 256 g/mol. The third kappa shape index (κ3) is 2.77. The van der Waals surface area contributed by atoms with Crippen molar-refractivity contribution >= 4 is 35.2 Å². The number of thioether (sulfide) groups is 1. The number of piperidine rings is 1. The van der Waals surface area contributed by atoms with Crippen molar-refractivity contribution in [2.45, 2.75) is 23.0 Å². The number of carbonyl (C=O) groups excluding carboxylic acids is 2. The van der Waals surface area contributed by atoms with Crippen molar-refractivity contribution < 1.29 is 9.59 Å². The Balaban J connectivity index is 2.02. The number of rotatable bonds is 2. The lowest BCUT2D eigenvalue weighted by Crippen LogP contribution is -2.42. The van der Waals surface area contributed by atoms with Gasteiger partial charge >= 0.3 is 0 Å². The monoisotopic (exact) mass is 255 g/mol. The van der Waals surface area contributed by atoms with E-state index >= 15 is 0 Å². The normalized spacial score (nSPS) is 20.7. The molecule has 1 N–H and O–H groups in total. The van der Waals surface area contributed by atoms with Crippen LogP contribution in [0.1, 0.15) is 12.8 Å². The minimum absolute atomic E-state index is 0.182. The standard InChI is InChI=1S/C11H10ClNO2S/c12-7-1-3-8(4-2-7)16-9-5-6-10(14)13-11(9)15/h1-4,9H,5-6H2,(H,13,14,15). The van der Waals surface area contributed by atoms with E-state index in [0.29, 0.717) is 17.9 Å². The fourth-order valence-electron chi connectivity index (χ4n) is 1.46. The van der Waals surface area contributed by atoms with Gasteiger partial charge in [0, 0.05) is 16.3 Å². The van der Waals surface area contributed by atoms with Gasteiger partial charge in [-0.25, -0.2) is 0 Å². The van der Waals surface area contributed by atoms with Crippen LogP contribution in [0.15, 0.2) is 29.2 Å². The summed E-state index contributed by atoms with van der Waals surface area (Å²) in [6.07, 6.45) is 1.01. The van der Waals surface area contributed by atoms with Gasteiger partial charge in [0.15, 0.2) is 0 Å². The average Bonchev–Trinajstić information content (AvgIpc) is 2.25. The van der Waals surface area contributed by atoms with Crippen molar-refractivity contribution in [3.63, 3.8) is 0 Å². The number of hydrogen-bond acceptors (Lipinski definition) is 3. The first kappa shape index (κ1) is 11.5. The highest BCUT2D eigenvalue weighted by atomic mass is 35.5. The van der Waals surface area contributed by atoms with E-state index in [0.717, 1.165) is 4.90 Å². The summed E-state index contributed by atoms with van der Waals surface area (Å²) in [5, 5.41) is 2.83. The predicted octanol–water partition coefficient (Wildman–Crippen LogP) is 2.24. The molecule has 2 amide bonds. The molecule has 3 nitrogen and oxygen atoms in total. The van der Waals surface area contributed by atoms with Crippen LogP contribution in [0.3, 0.4) is 0 Å². The number of benzene rings is 1. The third-order valence-electron chi connectivity index (χ3n) is 2.28. The summed E-state index contributed by atoms with van der Waals surface area (Å²) < 4.78 is 0. The zero-order valence-corrected chi connectivity index (χ0v) is 9.98. The maximum absolute atomic E-state index is 11.5. The lowest BCUT2D eigenvalue weighted by Gasteiger charge is -2.20. The Kier molecular flexibility index (Phi) is 3.51. The van der Waals surface area contributed by atoms with Crippen molar-refractivity contribution in [1.29, 1.82) is 0 Å². The first-order chi connectivity index (χ1) is 7.65. The van der Waals surface area contributed by atoms with Gasteiger partial charge in [0.05, 0.1) is 5.25 Å². The second kappa shape index (κ2) is 4.89. The molecule has 1 saturated heterocycles. The Morgan fingerprint density at radius 1 is 1.25 bits per heavy atom. The lowest BCUT2D eigenvalue weighted by atomic mass is 10.1. The maximum Gasteiger partial charge on any atom is 0.240 e. The number of nitrogens with one attached hydrogen (secondary N) is 1. The SMILES string of the molecule is O=C1CCC(Sc2ccc(Cl)cc2)C(=O)N1. The number of amides is 2. The van der Waals surface area contributed by atoms with Crippen LogP contribution < -0.4 is 5.32 Å². The second-order valence-corrected chi connectivity index (χ2v) is 5.22. The highest BCUT2D eigenvalue weighted by Gasteiger charge is 2.27. The minimum atomic E-state index is -0.198. The molecule has 16 heavy (non-hydrogen) atoms. The molecule has 1 fully saturated rings. The third-order valence-corrected chi connectivity index (χ3v) is 3.81. The highest BCUT2D eigenvalue weighted by molar-refractivity contribution is 8.00. The van der Waals surface area contributed by atoms with E-state index in [4.69, 9.17) is 11.6 Å². The second-order valence-electron chi connectivity index (χ2n) is 3.51. The van der Waals surface area contributed by atoms with Gasteiger partial charge in [-0.3, -0.25) is 14.9 Å². The Hall–Kier alpha value is -1.00. The Morgan fingerprint density at radius 2 is 1.94 bits per heavy atom. The van der Waals surface area contributed by atoms with Crippen LogP contribution in [-0.4, -0.2) is 17.1 Å². The molecule has 0 radical (unpaired) electrons. The van der Waals surface area contributed by atoms with Crippen molar-refractivity contribution in [2.24, 2.45) is 0 Å². The van der Waals surface area contributed by atoms with Gasteiger partial charge in [-0.05, 0) is 30.7 Å². The number of carbonyl (C=O) groups is 2. The van der Waals surface area contributed by atoms with E-state index in [1.54, 1.807) is 12.1 Å². The molecule has 0 bridgehead atoms. The van der Waals surface area contributed by atoms with E-state index < -0.39 is 0 Å². The molecule has 1 aliphatic heterocycles. The van der Waals surface area contributed by atoms with Gasteiger partial charge in [-0.15, -0.1) is 11.8 Å². The predicted molar refractivity (Wildman–Crippen MR) is 63.5 cm³/mol. The van der Waals surface area contributed by atoms with E-state index in [-0.39, 0.29) is 17.1 Å². The zero-order valence-electron chi connectivity index (χ0n) is 8.40. The van der Waals surface area contributed by atoms with Crippen molar-refractivity contribution in [2.75, 3.05) is 0 Å². The number of halogens is 1. The summed E-state index contributed by atoms with van der Waals surface area (Å²) in [4.78, 5) is 23.4. The van der Waals surface area contributed by atoms with Crippen LogP contribution >= 0.6 is 23.4 Å². The number of hydrogen-bond donors (Lipinski definition) is 1. The maximum atomic E-state index is 11.5. The number of imide groups is 1. The lowest BCUT2D eigenvalue weighted by molar-refractivity contribution is -0.132. The van der Waals surface area contributed by atoms with Crippen LogP contribution in [-0.2, 0) is 9.59 Å². The van der Waals surface area contributed by atoms with Gasteiger partial charge < -0.3 is 0 Å². The molecule has 5 heteroatoms. The summed E-state index contributed by atoms with van der Waals surface area (Å²) in [5.74, 6) is -0.380.